The number of thiophene rings is 1. The summed E-state index contributed by atoms with van der Waals surface area (Å²) in [4.78, 5) is 38.6. The summed E-state index contributed by atoms with van der Waals surface area (Å²) in [5.74, 6) is 0.245. The standard InChI is InChI=1S/C25H25N5O2S/c31-24(27-15-20-10-6-14-33-20)19-9-5-13-29(17-19)23-25(32)30(16-18-7-2-1-3-8-18)22-21(28-23)11-4-12-26-22/h1-4,6-8,10-12,14,19H,5,9,13,15-17H2,(H,27,31)/t19-/m1/s1. The number of hydrogen-bond donors (Lipinski definition) is 1. The second kappa shape index (κ2) is 9.54. The van der Waals surface area contributed by atoms with Crippen LogP contribution < -0.4 is 15.8 Å². The first kappa shape index (κ1) is 21.3. The maximum Gasteiger partial charge on any atom is 0.295 e. The number of anilines is 1. The van der Waals surface area contributed by atoms with Crippen LogP contribution in [-0.4, -0.2) is 33.5 Å². The van der Waals surface area contributed by atoms with E-state index in [9.17, 15) is 9.59 Å². The van der Waals surface area contributed by atoms with Crippen molar-refractivity contribution in [3.8, 4) is 0 Å². The van der Waals surface area contributed by atoms with Gasteiger partial charge in [0.05, 0.1) is 19.0 Å². The Kier molecular flexibility index (Phi) is 6.17. The SMILES string of the molecule is O=C(NCc1cccs1)[C@@H]1CCCN(c2nc3cccnc3n(Cc3ccccc3)c2=O)C1. The number of amides is 1. The lowest BCUT2D eigenvalue weighted by atomic mass is 9.97. The second-order valence-electron chi connectivity index (χ2n) is 8.24. The third kappa shape index (κ3) is 4.66. The molecule has 1 aliphatic heterocycles. The summed E-state index contributed by atoms with van der Waals surface area (Å²) in [7, 11) is 0. The highest BCUT2D eigenvalue weighted by Gasteiger charge is 2.28. The van der Waals surface area contributed by atoms with E-state index in [0.717, 1.165) is 23.3 Å². The number of carbonyl (C=O) groups excluding carboxylic acids is 1. The highest BCUT2D eigenvalue weighted by molar-refractivity contribution is 7.09. The smallest absolute Gasteiger partial charge is 0.295 e. The Hall–Kier alpha value is -3.52. The van der Waals surface area contributed by atoms with Crippen LogP contribution in [-0.2, 0) is 17.9 Å². The molecule has 0 saturated carbocycles. The Morgan fingerprint density at radius 3 is 2.82 bits per heavy atom. The molecule has 0 spiro atoms. The maximum absolute atomic E-state index is 13.6. The number of rotatable bonds is 6. The molecule has 1 N–H and O–H groups in total. The Bertz CT molecular complexity index is 1300. The molecule has 4 heterocycles. The molecular weight excluding hydrogens is 434 g/mol. The molecule has 0 radical (unpaired) electrons. The summed E-state index contributed by atoms with van der Waals surface area (Å²) in [6.07, 6.45) is 3.32. The fraction of sp³-hybridized carbons (Fsp3) is 0.280. The van der Waals surface area contributed by atoms with E-state index in [1.807, 2.05) is 64.9 Å². The Morgan fingerprint density at radius 1 is 1.12 bits per heavy atom. The quantitative estimate of drug-likeness (QED) is 0.478. The average Bonchev–Trinajstić information content (AvgIpc) is 3.38. The lowest BCUT2D eigenvalue weighted by Crippen LogP contribution is -2.45. The first-order chi connectivity index (χ1) is 16.2. The molecule has 0 aliphatic carbocycles. The van der Waals surface area contributed by atoms with Crippen molar-refractivity contribution < 1.29 is 4.79 Å². The van der Waals surface area contributed by atoms with Crippen molar-refractivity contribution in [3.63, 3.8) is 0 Å². The van der Waals surface area contributed by atoms with Gasteiger partial charge in [-0.2, -0.15) is 0 Å². The van der Waals surface area contributed by atoms with E-state index in [-0.39, 0.29) is 17.4 Å². The molecular formula is C25H25N5O2S. The van der Waals surface area contributed by atoms with Gasteiger partial charge in [0, 0.05) is 24.2 Å². The Balaban J connectivity index is 1.42. The Morgan fingerprint density at radius 2 is 2.00 bits per heavy atom. The molecule has 5 rings (SSSR count). The topological polar surface area (TPSA) is 80.1 Å². The van der Waals surface area contributed by atoms with Crippen LogP contribution in [0.1, 0.15) is 23.3 Å². The minimum absolute atomic E-state index is 0.0279. The van der Waals surface area contributed by atoms with Gasteiger partial charge in [-0.3, -0.25) is 14.2 Å². The van der Waals surface area contributed by atoms with Gasteiger partial charge >= 0.3 is 0 Å². The molecule has 1 atom stereocenters. The molecule has 1 aromatic carbocycles. The van der Waals surface area contributed by atoms with Crippen LogP contribution in [0.2, 0.25) is 0 Å². The van der Waals surface area contributed by atoms with Crippen LogP contribution in [0.15, 0.2) is 71.0 Å². The van der Waals surface area contributed by atoms with Gasteiger partial charge in [-0.1, -0.05) is 36.4 Å². The molecule has 1 amide bonds. The van der Waals surface area contributed by atoms with Crippen LogP contribution in [0.25, 0.3) is 11.2 Å². The minimum atomic E-state index is -0.176. The zero-order valence-electron chi connectivity index (χ0n) is 18.2. The minimum Gasteiger partial charge on any atom is -0.351 e. The molecule has 0 bridgehead atoms. The number of benzene rings is 1. The highest BCUT2D eigenvalue weighted by atomic mass is 32.1. The first-order valence-electron chi connectivity index (χ1n) is 11.1. The third-order valence-corrected chi connectivity index (χ3v) is 6.85. The number of carbonyl (C=O) groups is 1. The van der Waals surface area contributed by atoms with Crippen molar-refractivity contribution in [2.75, 3.05) is 18.0 Å². The molecule has 33 heavy (non-hydrogen) atoms. The fourth-order valence-electron chi connectivity index (χ4n) is 4.30. The summed E-state index contributed by atoms with van der Waals surface area (Å²) >= 11 is 1.63. The van der Waals surface area contributed by atoms with E-state index in [1.54, 1.807) is 22.1 Å². The van der Waals surface area contributed by atoms with Crippen LogP contribution in [0.5, 0.6) is 0 Å². The number of piperidine rings is 1. The lowest BCUT2D eigenvalue weighted by Gasteiger charge is -2.32. The third-order valence-electron chi connectivity index (χ3n) is 5.98. The van der Waals surface area contributed by atoms with E-state index in [4.69, 9.17) is 0 Å². The maximum atomic E-state index is 13.6. The van der Waals surface area contributed by atoms with Gasteiger partial charge in [0.25, 0.3) is 5.56 Å². The molecule has 8 heteroatoms. The first-order valence-corrected chi connectivity index (χ1v) is 12.0. The van der Waals surface area contributed by atoms with Crippen molar-refractivity contribution >= 4 is 34.2 Å². The monoisotopic (exact) mass is 459 g/mol. The molecule has 4 aromatic rings. The number of aromatic nitrogens is 3. The van der Waals surface area contributed by atoms with Crippen molar-refractivity contribution in [2.45, 2.75) is 25.9 Å². The molecule has 3 aromatic heterocycles. The van der Waals surface area contributed by atoms with Gasteiger partial charge in [0.2, 0.25) is 5.91 Å². The van der Waals surface area contributed by atoms with Gasteiger partial charge in [0.15, 0.2) is 11.5 Å². The number of nitrogens with zero attached hydrogens (tertiary/aromatic N) is 4. The van der Waals surface area contributed by atoms with Gasteiger partial charge in [-0.05, 0) is 42.0 Å². The number of fused-ring (bicyclic) bond motifs is 1. The zero-order valence-corrected chi connectivity index (χ0v) is 19.0. The van der Waals surface area contributed by atoms with Crippen molar-refractivity contribution in [1.29, 1.82) is 0 Å². The van der Waals surface area contributed by atoms with E-state index < -0.39 is 0 Å². The molecule has 1 saturated heterocycles. The second-order valence-corrected chi connectivity index (χ2v) is 9.27. The number of hydrogen-bond acceptors (Lipinski definition) is 6. The number of nitrogens with one attached hydrogen (secondary N) is 1. The lowest BCUT2D eigenvalue weighted by molar-refractivity contribution is -0.125. The highest BCUT2D eigenvalue weighted by Crippen LogP contribution is 2.22. The summed E-state index contributed by atoms with van der Waals surface area (Å²) in [6.45, 7) is 2.14. The summed E-state index contributed by atoms with van der Waals surface area (Å²) < 4.78 is 1.69. The van der Waals surface area contributed by atoms with Crippen LogP contribution in [0.4, 0.5) is 5.82 Å². The molecule has 1 fully saturated rings. The molecule has 0 unspecified atom stereocenters. The van der Waals surface area contributed by atoms with Crippen LogP contribution in [0.3, 0.4) is 0 Å². The summed E-state index contributed by atoms with van der Waals surface area (Å²) in [6, 6.07) is 17.6. The fourth-order valence-corrected chi connectivity index (χ4v) is 4.94. The van der Waals surface area contributed by atoms with Crippen LogP contribution >= 0.6 is 11.3 Å². The van der Waals surface area contributed by atoms with Gasteiger partial charge in [0.1, 0.15) is 5.52 Å². The van der Waals surface area contributed by atoms with Gasteiger partial charge < -0.3 is 10.2 Å². The molecule has 1 aliphatic rings. The van der Waals surface area contributed by atoms with Gasteiger partial charge in [-0.25, -0.2) is 9.97 Å². The average molecular weight is 460 g/mol. The number of pyridine rings is 1. The Labute approximate surface area is 195 Å². The normalized spacial score (nSPS) is 16.1. The van der Waals surface area contributed by atoms with E-state index in [1.165, 1.54) is 0 Å². The van der Waals surface area contributed by atoms with Crippen molar-refractivity contribution in [3.05, 3.63) is 87.0 Å². The molecule has 168 valence electrons. The summed E-state index contributed by atoms with van der Waals surface area (Å²) in [5, 5.41) is 5.05. The predicted octanol–water partition coefficient (Wildman–Crippen LogP) is 3.43. The van der Waals surface area contributed by atoms with Crippen molar-refractivity contribution in [1.82, 2.24) is 19.9 Å². The van der Waals surface area contributed by atoms with E-state index in [0.29, 0.717) is 43.2 Å². The largest absolute Gasteiger partial charge is 0.351 e. The van der Waals surface area contributed by atoms with Crippen molar-refractivity contribution in [2.24, 2.45) is 5.92 Å². The zero-order chi connectivity index (χ0) is 22.6. The van der Waals surface area contributed by atoms with Gasteiger partial charge in [-0.15, -0.1) is 11.3 Å². The molecule has 7 nitrogen and oxygen atoms in total. The summed E-state index contributed by atoms with van der Waals surface area (Å²) in [5.41, 5.74) is 2.09. The van der Waals surface area contributed by atoms with Crippen LogP contribution in [0, 0.1) is 5.92 Å². The van der Waals surface area contributed by atoms with E-state index in [2.05, 4.69) is 15.3 Å². The predicted molar refractivity (Wildman–Crippen MR) is 130 cm³/mol. The van der Waals surface area contributed by atoms with E-state index >= 15 is 0 Å².